The van der Waals surface area contributed by atoms with E-state index in [1.165, 1.54) is 0 Å². The fraction of sp³-hybridized carbons (Fsp3) is 0.500. The Labute approximate surface area is 95.4 Å². The zero-order valence-corrected chi connectivity index (χ0v) is 9.62. The Balaban J connectivity index is 2.11. The third-order valence-electron chi connectivity index (χ3n) is 2.67. The zero-order chi connectivity index (χ0) is 10.8. The molecular weight excluding hydrogens is 266 g/mol. The number of pyridine rings is 1. The van der Waals surface area contributed by atoms with E-state index in [2.05, 4.69) is 20.9 Å². The van der Waals surface area contributed by atoms with Gasteiger partial charge in [0.05, 0.1) is 10.2 Å². The monoisotopic (exact) mass is 276 g/mol. The number of halogens is 3. The molecule has 1 aromatic heterocycles. The molecule has 2 rings (SSSR count). The standard InChI is InChI=1S/C10H11BrF2N2/c11-8-5-14-3-1-9(8)15-4-2-7(6-15)10(12)13/h1,3,5,7,10H,2,4,6H2. The van der Waals surface area contributed by atoms with Crippen molar-refractivity contribution in [3.63, 3.8) is 0 Å². The molecule has 1 aliphatic heterocycles. The van der Waals surface area contributed by atoms with E-state index in [-0.39, 0.29) is 0 Å². The lowest BCUT2D eigenvalue weighted by molar-refractivity contribution is 0.0880. The Hall–Kier alpha value is -0.710. The molecule has 0 aromatic carbocycles. The molecule has 15 heavy (non-hydrogen) atoms. The average Bonchev–Trinajstić information content (AvgIpc) is 2.67. The fourth-order valence-electron chi connectivity index (χ4n) is 1.84. The van der Waals surface area contributed by atoms with Crippen molar-refractivity contribution in [1.29, 1.82) is 0 Å². The molecule has 1 atom stereocenters. The van der Waals surface area contributed by atoms with Crippen LogP contribution in [0.15, 0.2) is 22.9 Å². The van der Waals surface area contributed by atoms with Gasteiger partial charge in [-0.1, -0.05) is 0 Å². The van der Waals surface area contributed by atoms with Crippen LogP contribution in [0.5, 0.6) is 0 Å². The summed E-state index contributed by atoms with van der Waals surface area (Å²) in [5, 5.41) is 0. The Morgan fingerprint density at radius 3 is 2.93 bits per heavy atom. The van der Waals surface area contributed by atoms with Gasteiger partial charge in [0.1, 0.15) is 0 Å². The molecule has 1 unspecified atom stereocenters. The summed E-state index contributed by atoms with van der Waals surface area (Å²) in [4.78, 5) is 5.92. The Kier molecular flexibility index (Phi) is 3.19. The van der Waals surface area contributed by atoms with Gasteiger partial charge < -0.3 is 4.90 Å². The maximum atomic E-state index is 12.5. The Morgan fingerprint density at radius 1 is 1.53 bits per heavy atom. The van der Waals surface area contributed by atoms with Crippen LogP contribution in [0.25, 0.3) is 0 Å². The summed E-state index contributed by atoms with van der Waals surface area (Å²) in [6.07, 6.45) is 1.71. The first-order valence-electron chi connectivity index (χ1n) is 4.81. The largest absolute Gasteiger partial charge is 0.370 e. The van der Waals surface area contributed by atoms with Crippen molar-refractivity contribution in [3.8, 4) is 0 Å². The highest BCUT2D eigenvalue weighted by molar-refractivity contribution is 9.10. The minimum Gasteiger partial charge on any atom is -0.370 e. The second kappa shape index (κ2) is 4.43. The first-order valence-corrected chi connectivity index (χ1v) is 5.60. The van der Waals surface area contributed by atoms with E-state index in [1.54, 1.807) is 12.4 Å². The minimum absolute atomic E-state index is 0.431. The highest BCUT2D eigenvalue weighted by atomic mass is 79.9. The van der Waals surface area contributed by atoms with Gasteiger partial charge in [-0.3, -0.25) is 4.98 Å². The van der Waals surface area contributed by atoms with Gasteiger partial charge >= 0.3 is 0 Å². The number of hydrogen-bond acceptors (Lipinski definition) is 2. The van der Waals surface area contributed by atoms with Gasteiger partial charge in [-0.2, -0.15) is 0 Å². The number of nitrogens with zero attached hydrogens (tertiary/aromatic N) is 2. The smallest absolute Gasteiger partial charge is 0.243 e. The normalized spacial score (nSPS) is 21.3. The first kappa shape index (κ1) is 10.8. The summed E-state index contributed by atoms with van der Waals surface area (Å²) in [6.45, 7) is 1.12. The van der Waals surface area contributed by atoms with Crippen molar-refractivity contribution in [1.82, 2.24) is 4.98 Å². The number of hydrogen-bond donors (Lipinski definition) is 0. The van der Waals surface area contributed by atoms with Crippen molar-refractivity contribution in [2.45, 2.75) is 12.8 Å². The van der Waals surface area contributed by atoms with E-state index >= 15 is 0 Å². The maximum absolute atomic E-state index is 12.5. The predicted octanol–water partition coefficient (Wildman–Crippen LogP) is 2.94. The summed E-state index contributed by atoms with van der Waals surface area (Å²) in [5.41, 5.74) is 0.952. The molecule has 2 heterocycles. The molecule has 1 fully saturated rings. The molecule has 1 aliphatic rings. The van der Waals surface area contributed by atoms with Crippen molar-refractivity contribution in [2.24, 2.45) is 5.92 Å². The SMILES string of the molecule is FC(F)C1CCN(c2ccncc2Br)C1. The Bertz CT molecular complexity index is 346. The molecule has 0 N–H and O–H groups in total. The van der Waals surface area contributed by atoms with E-state index in [1.807, 2.05) is 11.0 Å². The van der Waals surface area contributed by atoms with E-state index in [9.17, 15) is 8.78 Å². The van der Waals surface area contributed by atoms with Gasteiger partial charge in [0, 0.05) is 31.4 Å². The van der Waals surface area contributed by atoms with Gasteiger partial charge in [-0.15, -0.1) is 0 Å². The van der Waals surface area contributed by atoms with Crippen molar-refractivity contribution in [3.05, 3.63) is 22.9 Å². The number of rotatable bonds is 2. The lowest BCUT2D eigenvalue weighted by Gasteiger charge is -2.19. The van der Waals surface area contributed by atoms with Crippen LogP contribution < -0.4 is 4.90 Å². The van der Waals surface area contributed by atoms with E-state index in [4.69, 9.17) is 0 Å². The molecule has 0 amide bonds. The quantitative estimate of drug-likeness (QED) is 0.826. The second-order valence-corrected chi connectivity index (χ2v) is 4.51. The number of alkyl halides is 2. The lowest BCUT2D eigenvalue weighted by atomic mass is 10.1. The molecule has 82 valence electrons. The van der Waals surface area contributed by atoms with Crippen LogP contribution in [0, 0.1) is 5.92 Å². The van der Waals surface area contributed by atoms with Gasteiger partial charge in [0.2, 0.25) is 6.43 Å². The van der Waals surface area contributed by atoms with Crippen LogP contribution in [0.4, 0.5) is 14.5 Å². The first-order chi connectivity index (χ1) is 7.18. The molecule has 5 heteroatoms. The summed E-state index contributed by atoms with van der Waals surface area (Å²) >= 11 is 3.37. The summed E-state index contributed by atoms with van der Waals surface area (Å²) in [5.74, 6) is -0.495. The van der Waals surface area contributed by atoms with Crippen molar-refractivity contribution in [2.75, 3.05) is 18.0 Å². The highest BCUT2D eigenvalue weighted by Crippen LogP contribution is 2.31. The van der Waals surface area contributed by atoms with Crippen LogP contribution >= 0.6 is 15.9 Å². The van der Waals surface area contributed by atoms with Crippen LogP contribution in [0.2, 0.25) is 0 Å². The number of aromatic nitrogens is 1. The molecule has 0 aliphatic carbocycles. The molecule has 2 nitrogen and oxygen atoms in total. The van der Waals surface area contributed by atoms with E-state index in [0.717, 1.165) is 10.2 Å². The van der Waals surface area contributed by atoms with Crippen LogP contribution in [0.1, 0.15) is 6.42 Å². The molecular formula is C10H11BrF2N2. The Morgan fingerprint density at radius 2 is 2.33 bits per heavy atom. The lowest BCUT2D eigenvalue weighted by Crippen LogP contribution is -2.22. The zero-order valence-electron chi connectivity index (χ0n) is 8.04. The van der Waals surface area contributed by atoms with Crippen molar-refractivity contribution >= 4 is 21.6 Å². The maximum Gasteiger partial charge on any atom is 0.243 e. The number of anilines is 1. The van der Waals surface area contributed by atoms with E-state index < -0.39 is 12.3 Å². The summed E-state index contributed by atoms with van der Waals surface area (Å²) in [6, 6.07) is 1.85. The third-order valence-corrected chi connectivity index (χ3v) is 3.28. The van der Waals surface area contributed by atoms with Gasteiger partial charge in [-0.05, 0) is 28.4 Å². The minimum atomic E-state index is -2.21. The highest BCUT2D eigenvalue weighted by Gasteiger charge is 2.30. The summed E-state index contributed by atoms with van der Waals surface area (Å²) in [7, 11) is 0. The van der Waals surface area contributed by atoms with Gasteiger partial charge in [0.15, 0.2) is 0 Å². The molecule has 0 spiro atoms. The second-order valence-electron chi connectivity index (χ2n) is 3.66. The average molecular weight is 277 g/mol. The molecule has 1 aromatic rings. The molecule has 1 saturated heterocycles. The molecule has 0 saturated carbocycles. The van der Waals surface area contributed by atoms with Crippen LogP contribution in [-0.2, 0) is 0 Å². The molecule has 0 bridgehead atoms. The fourth-order valence-corrected chi connectivity index (χ4v) is 2.34. The summed E-state index contributed by atoms with van der Waals surface area (Å²) < 4.78 is 25.8. The predicted molar refractivity (Wildman–Crippen MR) is 58.3 cm³/mol. The topological polar surface area (TPSA) is 16.1 Å². The van der Waals surface area contributed by atoms with Crippen LogP contribution in [0.3, 0.4) is 0 Å². The van der Waals surface area contributed by atoms with Crippen LogP contribution in [-0.4, -0.2) is 24.5 Å². The third kappa shape index (κ3) is 2.27. The van der Waals surface area contributed by atoms with E-state index in [0.29, 0.717) is 19.5 Å². The van der Waals surface area contributed by atoms with Crippen molar-refractivity contribution < 1.29 is 8.78 Å². The molecule has 0 radical (unpaired) electrons. The van der Waals surface area contributed by atoms with Gasteiger partial charge in [0.25, 0.3) is 0 Å². The van der Waals surface area contributed by atoms with Gasteiger partial charge in [-0.25, -0.2) is 8.78 Å².